The molecule has 2 fully saturated rings. The number of nitrogens with zero attached hydrogens (tertiary/aromatic N) is 1. The Kier molecular flexibility index (Phi) is 6.57. The van der Waals surface area contributed by atoms with Crippen LogP contribution in [0.2, 0.25) is 10.0 Å². The summed E-state index contributed by atoms with van der Waals surface area (Å²) in [6.45, 7) is 7.73. The lowest BCUT2D eigenvalue weighted by Gasteiger charge is -2.38. The Bertz CT molecular complexity index is 552. The van der Waals surface area contributed by atoms with E-state index in [1.54, 1.807) is 0 Å². The number of benzene rings is 1. The fourth-order valence-electron chi connectivity index (χ4n) is 3.36. The molecule has 0 spiro atoms. The summed E-state index contributed by atoms with van der Waals surface area (Å²) in [6, 6.07) is 2.86. The molecule has 2 atom stereocenters. The molecule has 2 saturated heterocycles. The van der Waals surface area contributed by atoms with Crippen molar-refractivity contribution in [3.05, 3.63) is 33.6 Å². The average Bonchev–Trinajstić information content (AvgIpc) is 2.89. The molecule has 2 unspecified atom stereocenters. The highest BCUT2D eigenvalue weighted by Crippen LogP contribution is 2.34. The van der Waals surface area contributed by atoms with Crippen molar-refractivity contribution >= 4 is 35.6 Å². The second-order valence-electron chi connectivity index (χ2n) is 6.62. The molecule has 0 aliphatic carbocycles. The second-order valence-corrected chi connectivity index (χ2v) is 7.43. The van der Waals surface area contributed by atoms with Crippen LogP contribution in [0.25, 0.3) is 0 Å². The van der Waals surface area contributed by atoms with E-state index in [0.717, 1.165) is 32.7 Å². The van der Waals surface area contributed by atoms with Crippen LogP contribution in [0.3, 0.4) is 0 Å². The van der Waals surface area contributed by atoms with Crippen LogP contribution in [0.1, 0.15) is 25.0 Å². The lowest BCUT2D eigenvalue weighted by molar-refractivity contribution is -0.0401. The number of hydrogen-bond acceptors (Lipinski definition) is 3. The maximum Gasteiger partial charge on any atom is 0.142 e. The Hall–Kier alpha value is -0.100. The highest BCUT2D eigenvalue weighted by molar-refractivity contribution is 6.35. The highest BCUT2D eigenvalue weighted by Gasteiger charge is 2.33. The molecule has 3 nitrogen and oxygen atoms in total. The Morgan fingerprint density at radius 1 is 1.39 bits per heavy atom. The summed E-state index contributed by atoms with van der Waals surface area (Å²) in [5, 5.41) is 3.94. The van der Waals surface area contributed by atoms with Crippen molar-refractivity contribution in [2.45, 2.75) is 19.4 Å². The number of hydrogen-bond donors (Lipinski definition) is 1. The number of morpholine rings is 1. The predicted molar refractivity (Wildman–Crippen MR) is 94.4 cm³/mol. The van der Waals surface area contributed by atoms with E-state index >= 15 is 0 Å². The molecule has 0 radical (unpaired) electrons. The van der Waals surface area contributed by atoms with Gasteiger partial charge in [0.15, 0.2) is 0 Å². The maximum absolute atomic E-state index is 13.7. The van der Waals surface area contributed by atoms with Gasteiger partial charge in [0.05, 0.1) is 17.7 Å². The van der Waals surface area contributed by atoms with Crippen molar-refractivity contribution in [3.8, 4) is 0 Å². The van der Waals surface area contributed by atoms with Gasteiger partial charge in [-0.3, -0.25) is 4.90 Å². The van der Waals surface area contributed by atoms with E-state index in [9.17, 15) is 4.39 Å². The molecular formula is C16H22Cl3FN2O. The van der Waals surface area contributed by atoms with Crippen LogP contribution in [-0.2, 0) is 4.74 Å². The molecule has 1 aromatic rings. The van der Waals surface area contributed by atoms with E-state index in [1.807, 2.05) is 0 Å². The Labute approximate surface area is 152 Å². The van der Waals surface area contributed by atoms with Crippen molar-refractivity contribution in [1.82, 2.24) is 10.2 Å². The van der Waals surface area contributed by atoms with Gasteiger partial charge < -0.3 is 10.1 Å². The van der Waals surface area contributed by atoms with E-state index in [4.69, 9.17) is 27.9 Å². The maximum atomic E-state index is 13.7. The van der Waals surface area contributed by atoms with E-state index in [2.05, 4.69) is 17.1 Å². The predicted octanol–water partition coefficient (Wildman–Crippen LogP) is 3.93. The third-order valence-corrected chi connectivity index (χ3v) is 5.22. The molecule has 3 rings (SSSR count). The van der Waals surface area contributed by atoms with Crippen LogP contribution in [0.4, 0.5) is 4.39 Å². The number of ether oxygens (including phenoxy) is 1. The molecule has 0 amide bonds. The average molecular weight is 384 g/mol. The van der Waals surface area contributed by atoms with Crippen molar-refractivity contribution in [2.24, 2.45) is 5.41 Å². The molecule has 130 valence electrons. The SMILES string of the molecule is CC1(CN2CCOC(c3cc(F)c(Cl)cc3Cl)C2)CCNC1.Cl. The molecule has 1 N–H and O–H groups in total. The van der Waals surface area contributed by atoms with Gasteiger partial charge in [-0.25, -0.2) is 4.39 Å². The van der Waals surface area contributed by atoms with Crippen LogP contribution < -0.4 is 5.32 Å². The summed E-state index contributed by atoms with van der Waals surface area (Å²) in [5.41, 5.74) is 0.986. The third kappa shape index (κ3) is 4.50. The standard InChI is InChI=1S/C16H21Cl2FN2O.ClH/c1-16(2-3-20-9-16)10-21-4-5-22-15(8-21)11-6-14(19)13(18)7-12(11)17;/h6-7,15,20H,2-5,8-10H2,1H3;1H. The minimum absolute atomic E-state index is 0. The second kappa shape index (κ2) is 7.85. The summed E-state index contributed by atoms with van der Waals surface area (Å²) in [6.07, 6.45) is 0.983. The van der Waals surface area contributed by atoms with Crippen LogP contribution in [0, 0.1) is 11.2 Å². The topological polar surface area (TPSA) is 24.5 Å². The summed E-state index contributed by atoms with van der Waals surface area (Å²) >= 11 is 12.0. The zero-order valence-corrected chi connectivity index (χ0v) is 15.4. The van der Waals surface area contributed by atoms with Crippen LogP contribution >= 0.6 is 35.6 Å². The van der Waals surface area contributed by atoms with E-state index in [-0.39, 0.29) is 23.5 Å². The van der Waals surface area contributed by atoms with Gasteiger partial charge in [-0.05, 0) is 30.5 Å². The summed E-state index contributed by atoms with van der Waals surface area (Å²) in [4.78, 5) is 2.39. The van der Waals surface area contributed by atoms with Crippen LogP contribution in [0.15, 0.2) is 12.1 Å². The molecule has 0 bridgehead atoms. The quantitative estimate of drug-likeness (QED) is 0.801. The number of halogens is 4. The molecular weight excluding hydrogens is 362 g/mol. The first-order valence-electron chi connectivity index (χ1n) is 7.66. The first-order valence-corrected chi connectivity index (χ1v) is 8.42. The number of nitrogens with one attached hydrogen (secondary N) is 1. The summed E-state index contributed by atoms with van der Waals surface area (Å²) in [5.74, 6) is -0.450. The third-order valence-electron chi connectivity index (χ3n) is 4.60. The lowest BCUT2D eigenvalue weighted by Crippen LogP contribution is -2.44. The molecule has 2 heterocycles. The largest absolute Gasteiger partial charge is 0.371 e. The van der Waals surface area contributed by atoms with E-state index in [0.29, 0.717) is 22.6 Å². The molecule has 7 heteroatoms. The van der Waals surface area contributed by atoms with Crippen molar-refractivity contribution in [2.75, 3.05) is 39.3 Å². The van der Waals surface area contributed by atoms with Gasteiger partial charge in [0, 0.05) is 36.8 Å². The summed E-state index contributed by atoms with van der Waals surface area (Å²) in [7, 11) is 0. The Morgan fingerprint density at radius 3 is 2.87 bits per heavy atom. The highest BCUT2D eigenvalue weighted by atomic mass is 35.5. The minimum Gasteiger partial charge on any atom is -0.371 e. The first kappa shape index (κ1) is 19.2. The lowest BCUT2D eigenvalue weighted by atomic mass is 9.89. The molecule has 1 aromatic carbocycles. The molecule has 23 heavy (non-hydrogen) atoms. The van der Waals surface area contributed by atoms with Gasteiger partial charge in [0.2, 0.25) is 0 Å². The first-order chi connectivity index (χ1) is 10.5. The smallest absolute Gasteiger partial charge is 0.142 e. The van der Waals surface area contributed by atoms with Gasteiger partial charge in [0.1, 0.15) is 5.82 Å². The van der Waals surface area contributed by atoms with Gasteiger partial charge in [0.25, 0.3) is 0 Å². The van der Waals surface area contributed by atoms with Gasteiger partial charge in [-0.1, -0.05) is 30.1 Å². The monoisotopic (exact) mass is 382 g/mol. The fraction of sp³-hybridized carbons (Fsp3) is 0.625. The zero-order chi connectivity index (χ0) is 15.7. The van der Waals surface area contributed by atoms with Crippen molar-refractivity contribution in [1.29, 1.82) is 0 Å². The number of rotatable bonds is 3. The molecule has 0 saturated carbocycles. The van der Waals surface area contributed by atoms with Gasteiger partial charge >= 0.3 is 0 Å². The Balaban J connectivity index is 0.00000192. The van der Waals surface area contributed by atoms with Gasteiger partial charge in [-0.15, -0.1) is 12.4 Å². The molecule has 2 aliphatic rings. The zero-order valence-electron chi connectivity index (χ0n) is 13.1. The fourth-order valence-corrected chi connectivity index (χ4v) is 3.87. The van der Waals surface area contributed by atoms with Gasteiger partial charge in [-0.2, -0.15) is 0 Å². The van der Waals surface area contributed by atoms with E-state index < -0.39 is 5.82 Å². The van der Waals surface area contributed by atoms with Crippen LogP contribution in [-0.4, -0.2) is 44.2 Å². The molecule has 0 aromatic heterocycles. The van der Waals surface area contributed by atoms with Crippen molar-refractivity contribution in [3.63, 3.8) is 0 Å². The van der Waals surface area contributed by atoms with E-state index in [1.165, 1.54) is 18.6 Å². The summed E-state index contributed by atoms with van der Waals surface area (Å²) < 4.78 is 19.5. The normalized spacial score (nSPS) is 28.6. The Morgan fingerprint density at radius 2 is 2.17 bits per heavy atom. The van der Waals surface area contributed by atoms with Crippen molar-refractivity contribution < 1.29 is 9.13 Å². The molecule has 2 aliphatic heterocycles. The minimum atomic E-state index is -0.450. The van der Waals surface area contributed by atoms with Crippen LogP contribution in [0.5, 0.6) is 0 Å².